The molecule has 2 amide bonds. The number of hydrogen-bond acceptors (Lipinski definition) is 5. The van der Waals surface area contributed by atoms with Crippen LogP contribution >= 0.6 is 0 Å². The Morgan fingerprint density at radius 1 is 0.930 bits per heavy atom. The fourth-order valence-electron chi connectivity index (χ4n) is 5.91. The number of carbonyl (C=O) groups excluding carboxylic acids is 2. The third kappa shape index (κ3) is 6.52. The normalized spacial score (nSPS) is 16.6. The Kier molecular flexibility index (Phi) is 8.61. The van der Waals surface area contributed by atoms with Crippen molar-refractivity contribution in [1.29, 1.82) is 0 Å². The number of amides is 2. The number of piperidine rings is 1. The van der Waals surface area contributed by atoms with E-state index in [-0.39, 0.29) is 17.9 Å². The zero-order chi connectivity index (χ0) is 29.6. The van der Waals surface area contributed by atoms with Crippen molar-refractivity contribution in [2.45, 2.75) is 45.2 Å². The molecule has 0 aliphatic carbocycles. The number of aromatic nitrogens is 1. The molecule has 1 aromatic heterocycles. The molecule has 0 bridgehead atoms. The molecule has 6 rings (SSSR count). The third-order valence-corrected chi connectivity index (χ3v) is 8.22. The molecule has 7 nitrogen and oxygen atoms in total. The van der Waals surface area contributed by atoms with Crippen molar-refractivity contribution < 1.29 is 9.59 Å². The van der Waals surface area contributed by atoms with Gasteiger partial charge >= 0.3 is 0 Å². The van der Waals surface area contributed by atoms with Crippen LogP contribution in [0, 0.1) is 0 Å². The van der Waals surface area contributed by atoms with Crippen LogP contribution < -0.4 is 16.0 Å². The summed E-state index contributed by atoms with van der Waals surface area (Å²) in [6.45, 7) is 5.30. The van der Waals surface area contributed by atoms with Crippen molar-refractivity contribution in [3.8, 4) is 0 Å². The van der Waals surface area contributed by atoms with Crippen LogP contribution in [0.25, 0.3) is 11.3 Å². The van der Waals surface area contributed by atoms with Crippen molar-refractivity contribution in [2.24, 2.45) is 0 Å². The Balaban J connectivity index is 1.31. The van der Waals surface area contributed by atoms with Crippen LogP contribution in [0.3, 0.4) is 0 Å². The molecule has 3 heterocycles. The number of likely N-dealkylation sites (tertiary alicyclic amines) is 1. The number of rotatable bonds is 9. The van der Waals surface area contributed by atoms with Gasteiger partial charge in [-0.15, -0.1) is 0 Å². The van der Waals surface area contributed by atoms with E-state index in [1.54, 1.807) is 30.6 Å². The molecule has 2 aliphatic rings. The summed E-state index contributed by atoms with van der Waals surface area (Å²) < 4.78 is 0. The van der Waals surface area contributed by atoms with Gasteiger partial charge in [0.1, 0.15) is 0 Å². The number of hydrogen-bond donors (Lipinski definition) is 3. The predicted octanol–water partition coefficient (Wildman–Crippen LogP) is 6.88. The highest BCUT2D eigenvalue weighted by Crippen LogP contribution is 2.38. The minimum absolute atomic E-state index is 0.109. The van der Waals surface area contributed by atoms with Crippen LogP contribution in [0.15, 0.2) is 97.3 Å². The molecule has 3 aromatic carbocycles. The first-order valence-electron chi connectivity index (χ1n) is 15.1. The minimum Gasteiger partial charge on any atom is -0.354 e. The highest BCUT2D eigenvalue weighted by Gasteiger charge is 2.30. The number of anilines is 2. The SMILES string of the molecule is CC[C@@H](NC(=O)c1ccc2c(c1)/C(=C(/Nc1ccc(CN3CCCCC3)cc1)c1cccnc1)C(=O)N2)c1ccccc1. The molecule has 7 heteroatoms. The lowest BCUT2D eigenvalue weighted by Crippen LogP contribution is -2.29. The second-order valence-electron chi connectivity index (χ2n) is 11.2. The van der Waals surface area contributed by atoms with Gasteiger partial charge in [-0.1, -0.05) is 55.8 Å². The fraction of sp³-hybridized carbons (Fsp3) is 0.250. The van der Waals surface area contributed by atoms with E-state index >= 15 is 0 Å². The van der Waals surface area contributed by atoms with E-state index in [0.717, 1.165) is 42.9 Å². The van der Waals surface area contributed by atoms with Crippen LogP contribution in [0.4, 0.5) is 11.4 Å². The van der Waals surface area contributed by atoms with E-state index in [0.29, 0.717) is 28.1 Å². The highest BCUT2D eigenvalue weighted by atomic mass is 16.2. The smallest absolute Gasteiger partial charge is 0.258 e. The Bertz CT molecular complexity index is 1610. The van der Waals surface area contributed by atoms with Crippen molar-refractivity contribution in [3.05, 3.63) is 125 Å². The summed E-state index contributed by atoms with van der Waals surface area (Å²) >= 11 is 0. The van der Waals surface area contributed by atoms with Gasteiger partial charge in [0, 0.05) is 47.0 Å². The maximum absolute atomic E-state index is 13.5. The van der Waals surface area contributed by atoms with E-state index in [4.69, 9.17) is 0 Å². The summed E-state index contributed by atoms with van der Waals surface area (Å²) in [6.07, 6.45) is 8.07. The molecule has 1 saturated heterocycles. The first-order chi connectivity index (χ1) is 21.1. The van der Waals surface area contributed by atoms with Crippen molar-refractivity contribution in [3.63, 3.8) is 0 Å². The second-order valence-corrected chi connectivity index (χ2v) is 11.2. The van der Waals surface area contributed by atoms with Gasteiger partial charge in [-0.25, -0.2) is 0 Å². The summed E-state index contributed by atoms with van der Waals surface area (Å²) in [5, 5.41) is 9.67. The topological polar surface area (TPSA) is 86.4 Å². The van der Waals surface area contributed by atoms with E-state index in [1.807, 2.05) is 42.5 Å². The Morgan fingerprint density at radius 3 is 2.44 bits per heavy atom. The highest BCUT2D eigenvalue weighted by molar-refractivity contribution is 6.37. The molecule has 43 heavy (non-hydrogen) atoms. The summed E-state index contributed by atoms with van der Waals surface area (Å²) in [5.74, 6) is -0.409. The Labute approximate surface area is 253 Å². The largest absolute Gasteiger partial charge is 0.354 e. The first-order valence-corrected chi connectivity index (χ1v) is 15.1. The number of benzene rings is 3. The molecule has 0 spiro atoms. The van der Waals surface area contributed by atoms with Crippen LogP contribution in [0.5, 0.6) is 0 Å². The Hall–Kier alpha value is -4.75. The monoisotopic (exact) mass is 571 g/mol. The van der Waals surface area contributed by atoms with Gasteiger partial charge in [-0.05, 0) is 85.9 Å². The average molecular weight is 572 g/mol. The average Bonchev–Trinajstić information content (AvgIpc) is 3.39. The lowest BCUT2D eigenvalue weighted by molar-refractivity contribution is -0.110. The molecule has 0 radical (unpaired) electrons. The molecule has 1 fully saturated rings. The summed E-state index contributed by atoms with van der Waals surface area (Å²) in [4.78, 5) is 33.7. The maximum Gasteiger partial charge on any atom is 0.258 e. The number of fused-ring (bicyclic) bond motifs is 1. The third-order valence-electron chi connectivity index (χ3n) is 8.22. The molecular formula is C36H37N5O2. The van der Waals surface area contributed by atoms with Crippen molar-refractivity contribution in [2.75, 3.05) is 23.7 Å². The molecule has 0 saturated carbocycles. The quantitative estimate of drug-likeness (QED) is 0.191. The number of pyridine rings is 1. The van der Waals surface area contributed by atoms with Gasteiger partial charge in [0.05, 0.1) is 17.3 Å². The molecule has 2 aliphatic heterocycles. The van der Waals surface area contributed by atoms with Crippen LogP contribution in [-0.2, 0) is 11.3 Å². The molecule has 3 N–H and O–H groups in total. The molecule has 218 valence electrons. The summed E-state index contributed by atoms with van der Waals surface area (Å²) in [5.41, 5.74) is 6.94. The van der Waals surface area contributed by atoms with E-state index < -0.39 is 0 Å². The van der Waals surface area contributed by atoms with Gasteiger partial charge in [0.25, 0.3) is 11.8 Å². The molecule has 0 unspecified atom stereocenters. The fourth-order valence-corrected chi connectivity index (χ4v) is 5.91. The Morgan fingerprint density at radius 2 is 1.72 bits per heavy atom. The standard InChI is InChI=1S/C36H37N5O2/c1-2-31(26-10-5-3-6-11-26)39-35(42)27-15-18-32-30(22-27)33(36(43)40-32)34(28-12-9-19-37-23-28)38-29-16-13-25(14-17-29)24-41-20-7-4-8-21-41/h3,5-6,9-19,22-23,31,38H,2,4,7-8,20-21,24H2,1H3,(H,39,42)(H,40,43)/b34-33-/t31-/m1/s1. The number of nitrogens with one attached hydrogen (secondary N) is 3. The van der Waals surface area contributed by atoms with E-state index in [9.17, 15) is 9.59 Å². The minimum atomic E-state index is -0.226. The summed E-state index contributed by atoms with van der Waals surface area (Å²) in [6, 6.07) is 27.4. The maximum atomic E-state index is 13.5. The van der Waals surface area contributed by atoms with Crippen LogP contribution in [0.1, 0.15) is 71.3 Å². The zero-order valence-corrected chi connectivity index (χ0v) is 24.5. The van der Waals surface area contributed by atoms with Crippen LogP contribution in [0.2, 0.25) is 0 Å². The van der Waals surface area contributed by atoms with Gasteiger partial charge in [-0.3, -0.25) is 19.5 Å². The number of nitrogens with zero attached hydrogens (tertiary/aromatic N) is 2. The number of carbonyl (C=O) groups is 2. The van der Waals surface area contributed by atoms with E-state index in [2.05, 4.69) is 57.0 Å². The summed E-state index contributed by atoms with van der Waals surface area (Å²) in [7, 11) is 0. The van der Waals surface area contributed by atoms with E-state index in [1.165, 1.54) is 24.8 Å². The molecule has 4 aromatic rings. The first kappa shape index (κ1) is 28.4. The zero-order valence-electron chi connectivity index (χ0n) is 24.5. The lowest BCUT2D eigenvalue weighted by atomic mass is 9.98. The lowest BCUT2D eigenvalue weighted by Gasteiger charge is -2.26. The van der Waals surface area contributed by atoms with Gasteiger partial charge in [-0.2, -0.15) is 0 Å². The van der Waals surface area contributed by atoms with Gasteiger partial charge in [0.2, 0.25) is 0 Å². The predicted molar refractivity (Wildman–Crippen MR) is 172 cm³/mol. The molecular weight excluding hydrogens is 534 g/mol. The van der Waals surface area contributed by atoms with Gasteiger partial charge < -0.3 is 16.0 Å². The second kappa shape index (κ2) is 13.0. The van der Waals surface area contributed by atoms with Crippen molar-refractivity contribution >= 4 is 34.5 Å². The molecule has 1 atom stereocenters. The van der Waals surface area contributed by atoms with Crippen molar-refractivity contribution in [1.82, 2.24) is 15.2 Å². The van der Waals surface area contributed by atoms with Gasteiger partial charge in [0.15, 0.2) is 0 Å². The van der Waals surface area contributed by atoms with Crippen LogP contribution in [-0.4, -0.2) is 34.8 Å².